The predicted octanol–water partition coefficient (Wildman–Crippen LogP) is 0.848. The first-order chi connectivity index (χ1) is 10.1. The van der Waals surface area contributed by atoms with Gasteiger partial charge in [0.15, 0.2) is 0 Å². The lowest BCUT2D eigenvalue weighted by Crippen LogP contribution is -2.39. The number of carbonyl (C=O) groups is 3. The smallest absolute Gasteiger partial charge is 0.335 e. The number of fused-ring (bicyclic) bond motifs is 1. The molecule has 1 atom stereocenters. The average Bonchev–Trinajstić information content (AvgIpc) is 2.46. The van der Waals surface area contributed by atoms with Crippen molar-refractivity contribution >= 4 is 28.7 Å². The van der Waals surface area contributed by atoms with Crippen molar-refractivity contribution in [2.24, 2.45) is 0 Å². The first kappa shape index (κ1) is 13.2. The molecule has 1 unspecified atom stereocenters. The number of nitrogens with zero attached hydrogens (tertiary/aromatic N) is 2. The van der Waals surface area contributed by atoms with Gasteiger partial charge in [-0.3, -0.25) is 14.9 Å². The number of carbonyl (C=O) groups excluding carboxylic acids is 2. The highest BCUT2D eigenvalue weighted by Gasteiger charge is 2.30. The summed E-state index contributed by atoms with van der Waals surface area (Å²) < 4.78 is 0. The number of aromatic carboxylic acids is 1. The van der Waals surface area contributed by atoms with Gasteiger partial charge >= 0.3 is 5.97 Å². The van der Waals surface area contributed by atoms with Crippen LogP contribution in [0.1, 0.15) is 34.7 Å². The van der Waals surface area contributed by atoms with E-state index in [4.69, 9.17) is 0 Å². The third kappa shape index (κ3) is 2.33. The first-order valence-electron chi connectivity index (χ1n) is 6.37. The molecule has 1 aromatic heterocycles. The molecule has 2 amide bonds. The molecule has 7 nitrogen and oxygen atoms in total. The van der Waals surface area contributed by atoms with Crippen LogP contribution in [-0.2, 0) is 9.59 Å². The van der Waals surface area contributed by atoms with Gasteiger partial charge in [-0.05, 0) is 24.1 Å². The van der Waals surface area contributed by atoms with Gasteiger partial charge < -0.3 is 5.11 Å². The van der Waals surface area contributed by atoms with Gasteiger partial charge in [0, 0.05) is 18.0 Å². The maximum absolute atomic E-state index is 12.0. The standard InChI is InChI=1S/C14H11N3O4/c18-12-2-1-8(13(19)17-12)9-3-7(14(20)21)4-11-10(9)5-15-6-16-11/h3-6,8H,1-2H2,(H,20,21)(H,17,18,19). The molecule has 0 saturated carbocycles. The number of carboxylic acids is 1. The van der Waals surface area contributed by atoms with Gasteiger partial charge in [-0.15, -0.1) is 0 Å². The maximum Gasteiger partial charge on any atom is 0.335 e. The quantitative estimate of drug-likeness (QED) is 0.792. The Morgan fingerprint density at radius 2 is 2.14 bits per heavy atom. The SMILES string of the molecule is O=C1CCC(c2cc(C(=O)O)cc3ncncc23)C(=O)N1. The zero-order chi connectivity index (χ0) is 15.0. The second-order valence-electron chi connectivity index (χ2n) is 4.83. The Morgan fingerprint density at radius 3 is 2.86 bits per heavy atom. The summed E-state index contributed by atoms with van der Waals surface area (Å²) in [6, 6.07) is 2.89. The fourth-order valence-electron chi connectivity index (χ4n) is 2.51. The van der Waals surface area contributed by atoms with Crippen LogP contribution < -0.4 is 5.32 Å². The van der Waals surface area contributed by atoms with Crippen molar-refractivity contribution in [2.45, 2.75) is 18.8 Å². The van der Waals surface area contributed by atoms with Crippen molar-refractivity contribution in [1.82, 2.24) is 15.3 Å². The minimum atomic E-state index is -1.09. The van der Waals surface area contributed by atoms with E-state index in [0.717, 1.165) is 0 Å². The zero-order valence-electron chi connectivity index (χ0n) is 10.9. The van der Waals surface area contributed by atoms with E-state index in [-0.39, 0.29) is 17.9 Å². The zero-order valence-corrected chi connectivity index (χ0v) is 10.9. The van der Waals surface area contributed by atoms with Crippen molar-refractivity contribution in [1.29, 1.82) is 0 Å². The molecule has 106 valence electrons. The van der Waals surface area contributed by atoms with Crippen molar-refractivity contribution in [3.8, 4) is 0 Å². The first-order valence-corrected chi connectivity index (χ1v) is 6.37. The summed E-state index contributed by atoms with van der Waals surface area (Å²) in [6.45, 7) is 0. The molecule has 1 aromatic carbocycles. The van der Waals surface area contributed by atoms with Gasteiger partial charge in [-0.2, -0.15) is 0 Å². The van der Waals surface area contributed by atoms with Crippen molar-refractivity contribution in [3.63, 3.8) is 0 Å². The summed E-state index contributed by atoms with van der Waals surface area (Å²) in [4.78, 5) is 42.4. The van der Waals surface area contributed by atoms with Crippen LogP contribution in [0.25, 0.3) is 10.9 Å². The lowest BCUT2D eigenvalue weighted by molar-refractivity contribution is -0.134. The number of piperidine rings is 1. The number of amides is 2. The van der Waals surface area contributed by atoms with E-state index >= 15 is 0 Å². The van der Waals surface area contributed by atoms with Crippen molar-refractivity contribution in [3.05, 3.63) is 35.8 Å². The predicted molar refractivity (Wildman–Crippen MR) is 71.6 cm³/mol. The number of nitrogens with one attached hydrogen (secondary N) is 1. The number of hydrogen-bond donors (Lipinski definition) is 2. The minimum absolute atomic E-state index is 0.0564. The molecule has 2 heterocycles. The molecule has 7 heteroatoms. The van der Waals surface area contributed by atoms with Gasteiger partial charge in [-0.25, -0.2) is 14.8 Å². The Morgan fingerprint density at radius 1 is 1.33 bits per heavy atom. The largest absolute Gasteiger partial charge is 0.478 e. The van der Waals surface area contributed by atoms with Crippen LogP contribution in [-0.4, -0.2) is 32.9 Å². The molecule has 0 bridgehead atoms. The van der Waals surface area contributed by atoms with Gasteiger partial charge in [0.2, 0.25) is 11.8 Å². The van der Waals surface area contributed by atoms with Gasteiger partial charge in [0.05, 0.1) is 17.0 Å². The normalized spacial score (nSPS) is 18.6. The number of rotatable bonds is 2. The van der Waals surface area contributed by atoms with Gasteiger partial charge in [0.1, 0.15) is 6.33 Å². The number of carboxylic acid groups (broad SMARTS) is 1. The third-order valence-corrected chi connectivity index (χ3v) is 3.52. The lowest BCUT2D eigenvalue weighted by atomic mass is 9.87. The second kappa shape index (κ2) is 4.93. The molecule has 1 fully saturated rings. The molecule has 1 aliphatic rings. The maximum atomic E-state index is 12.0. The fraction of sp³-hybridized carbons (Fsp3) is 0.214. The molecule has 1 saturated heterocycles. The molecule has 2 aromatic rings. The Hall–Kier alpha value is -2.83. The highest BCUT2D eigenvalue weighted by molar-refractivity contribution is 6.03. The average molecular weight is 285 g/mol. The van der Waals surface area contributed by atoms with Crippen LogP contribution >= 0.6 is 0 Å². The summed E-state index contributed by atoms with van der Waals surface area (Å²) in [5.74, 6) is -2.40. The summed E-state index contributed by atoms with van der Waals surface area (Å²) >= 11 is 0. The highest BCUT2D eigenvalue weighted by Crippen LogP contribution is 2.31. The summed E-state index contributed by atoms with van der Waals surface area (Å²) in [6.07, 6.45) is 3.44. The van der Waals surface area contributed by atoms with E-state index in [1.807, 2.05) is 0 Å². The van der Waals surface area contributed by atoms with E-state index in [1.165, 1.54) is 18.5 Å². The fourth-order valence-corrected chi connectivity index (χ4v) is 2.51. The van der Waals surface area contributed by atoms with Gasteiger partial charge in [0.25, 0.3) is 0 Å². The second-order valence-corrected chi connectivity index (χ2v) is 4.83. The van der Waals surface area contributed by atoms with Crippen LogP contribution in [0.2, 0.25) is 0 Å². The molecular formula is C14H11N3O4. The van der Waals surface area contributed by atoms with E-state index in [9.17, 15) is 19.5 Å². The lowest BCUT2D eigenvalue weighted by Gasteiger charge is -2.22. The Labute approximate surface area is 119 Å². The van der Waals surface area contributed by atoms with Crippen molar-refractivity contribution < 1.29 is 19.5 Å². The van der Waals surface area contributed by atoms with Crippen LogP contribution in [0.4, 0.5) is 0 Å². The molecular weight excluding hydrogens is 274 g/mol. The number of benzene rings is 1. The topological polar surface area (TPSA) is 109 Å². The molecule has 1 aliphatic heterocycles. The Kier molecular flexibility index (Phi) is 3.09. The van der Waals surface area contributed by atoms with Crippen LogP contribution in [0.3, 0.4) is 0 Å². The van der Waals surface area contributed by atoms with Gasteiger partial charge in [-0.1, -0.05) is 0 Å². The molecule has 2 N–H and O–H groups in total. The van der Waals surface area contributed by atoms with Crippen molar-refractivity contribution in [2.75, 3.05) is 0 Å². The minimum Gasteiger partial charge on any atom is -0.478 e. The van der Waals surface area contributed by atoms with Crippen LogP contribution in [0.5, 0.6) is 0 Å². The molecule has 0 spiro atoms. The molecule has 21 heavy (non-hydrogen) atoms. The molecule has 3 rings (SSSR count). The summed E-state index contributed by atoms with van der Waals surface area (Å²) in [5, 5.41) is 12.1. The number of aromatic nitrogens is 2. The third-order valence-electron chi connectivity index (χ3n) is 3.52. The summed E-state index contributed by atoms with van der Waals surface area (Å²) in [7, 11) is 0. The number of imide groups is 1. The Bertz CT molecular complexity index is 772. The van der Waals surface area contributed by atoms with E-state index in [1.54, 1.807) is 6.20 Å². The monoisotopic (exact) mass is 285 g/mol. The summed E-state index contributed by atoms with van der Waals surface area (Å²) in [5.41, 5.74) is 1.06. The van der Waals surface area contributed by atoms with E-state index in [2.05, 4.69) is 15.3 Å². The van der Waals surface area contributed by atoms with Crippen LogP contribution in [0, 0.1) is 0 Å². The Balaban J connectivity index is 2.18. The van der Waals surface area contributed by atoms with E-state index < -0.39 is 17.8 Å². The molecule has 0 radical (unpaired) electrons. The number of hydrogen-bond acceptors (Lipinski definition) is 5. The highest BCUT2D eigenvalue weighted by atomic mass is 16.4. The van der Waals surface area contributed by atoms with Crippen LogP contribution in [0.15, 0.2) is 24.7 Å². The van der Waals surface area contributed by atoms with E-state index in [0.29, 0.717) is 22.9 Å². The molecule has 0 aliphatic carbocycles.